The van der Waals surface area contributed by atoms with Crippen LogP contribution < -0.4 is 35.3 Å². The number of fused-ring (bicyclic) bond motifs is 1. The molecule has 3 rings (SSSR count). The molecule has 0 bridgehead atoms. The maximum atomic E-state index is 11.7. The minimum absolute atomic E-state index is 0. The molecular weight excluding hydrogens is 433 g/mol. The molecule has 3 aromatic carbocycles. The molecule has 0 aromatic heterocycles. The van der Waals surface area contributed by atoms with Gasteiger partial charge in [-0.2, -0.15) is 21.9 Å². The number of benzene rings is 3. The van der Waals surface area contributed by atoms with E-state index >= 15 is 0 Å². The molecule has 0 saturated carbocycles. The number of rotatable bonds is 4. The van der Waals surface area contributed by atoms with Crippen LogP contribution in [0, 0.1) is 0 Å². The normalized spacial score (nSPS) is 12.2. The fraction of sp³-hybridized carbons (Fsp3) is 0. The van der Waals surface area contributed by atoms with E-state index in [1.807, 2.05) is 0 Å². The van der Waals surface area contributed by atoms with Crippen molar-refractivity contribution in [3.8, 4) is 5.75 Å². The number of azo groups is 1. The van der Waals surface area contributed by atoms with E-state index in [9.17, 15) is 31.0 Å². The van der Waals surface area contributed by atoms with Gasteiger partial charge < -0.3 is 10.8 Å². The minimum Gasteiger partial charge on any atom is -0.505 e. The van der Waals surface area contributed by atoms with Crippen molar-refractivity contribution in [2.75, 3.05) is 5.73 Å². The fourth-order valence-corrected chi connectivity index (χ4v) is 4.01. The Hall–Kier alpha value is -2.06. The first kappa shape index (κ1) is 23.2. The number of nitrogen functional groups attached to an aromatic ring is 1. The molecule has 0 radical (unpaired) electrons. The first-order valence-electron chi connectivity index (χ1n) is 7.50. The monoisotopic (exact) mass is 446 g/mol. The van der Waals surface area contributed by atoms with Gasteiger partial charge in [0, 0.05) is 5.39 Å². The van der Waals surface area contributed by atoms with E-state index in [2.05, 4.69) is 10.2 Å². The van der Waals surface area contributed by atoms with E-state index in [1.54, 1.807) is 30.3 Å². The van der Waals surface area contributed by atoms with Gasteiger partial charge in [-0.05, 0) is 24.3 Å². The Labute approximate surface area is 187 Å². The van der Waals surface area contributed by atoms with E-state index in [-0.39, 0.29) is 40.6 Å². The topological polar surface area (TPSA) is 180 Å². The number of aromatic hydroxyl groups is 1. The zero-order valence-corrected chi connectivity index (χ0v) is 18.5. The van der Waals surface area contributed by atoms with Crippen LogP contribution in [-0.2, 0) is 20.2 Å². The van der Waals surface area contributed by atoms with Gasteiger partial charge in [0.25, 0.3) is 20.2 Å². The molecule has 10 nitrogen and oxygen atoms in total. The molecule has 3 aromatic rings. The average Bonchev–Trinajstić information content (AvgIpc) is 2.60. The molecule has 0 unspecified atom stereocenters. The van der Waals surface area contributed by atoms with Crippen molar-refractivity contribution >= 4 is 48.1 Å². The van der Waals surface area contributed by atoms with Gasteiger partial charge in [0.2, 0.25) is 0 Å². The summed E-state index contributed by atoms with van der Waals surface area (Å²) < 4.78 is 65.2. The van der Waals surface area contributed by atoms with Crippen molar-refractivity contribution in [2.45, 2.75) is 9.79 Å². The third kappa shape index (κ3) is 4.75. The molecule has 0 heterocycles. The summed E-state index contributed by atoms with van der Waals surface area (Å²) in [6.07, 6.45) is 0. The van der Waals surface area contributed by atoms with E-state index < -0.39 is 46.9 Å². The number of phenolic OH excluding ortho intramolecular Hbond substituents is 1. The standard InChI is InChI=1S/C16H13N3O7S2.Na/c17-15-13(28(24,25)26)8-12(27(21,22)23)10-6-7-11(16(20)14(10)15)19-18-9-4-2-1-3-5-9;/h1-8,20H,17H2,(H,21,22,23)(H,24,25,26);/q;+1. The Bertz CT molecular complexity index is 1330. The first-order valence-corrected chi connectivity index (χ1v) is 10.4. The summed E-state index contributed by atoms with van der Waals surface area (Å²) in [5.74, 6) is -0.676. The molecule has 0 aliphatic heterocycles. The van der Waals surface area contributed by atoms with Crippen LogP contribution in [0.15, 0.2) is 68.6 Å². The van der Waals surface area contributed by atoms with E-state index in [4.69, 9.17) is 5.73 Å². The number of hydrogen-bond acceptors (Lipinski definition) is 8. The quantitative estimate of drug-likeness (QED) is 0.188. The number of hydrogen-bond donors (Lipinski definition) is 4. The third-order valence-electron chi connectivity index (χ3n) is 3.80. The van der Waals surface area contributed by atoms with Crippen LogP contribution >= 0.6 is 0 Å². The summed E-state index contributed by atoms with van der Waals surface area (Å²) in [6, 6.07) is 11.4. The van der Waals surface area contributed by atoms with Crippen molar-refractivity contribution in [1.82, 2.24) is 0 Å². The Morgan fingerprint density at radius 1 is 0.828 bits per heavy atom. The summed E-state index contributed by atoms with van der Waals surface area (Å²) in [6.45, 7) is 0. The van der Waals surface area contributed by atoms with Crippen molar-refractivity contribution in [1.29, 1.82) is 0 Å². The molecule has 146 valence electrons. The van der Waals surface area contributed by atoms with Gasteiger partial charge in [-0.1, -0.05) is 24.3 Å². The molecule has 0 atom stereocenters. The van der Waals surface area contributed by atoms with Crippen molar-refractivity contribution in [3.05, 3.63) is 48.5 Å². The van der Waals surface area contributed by atoms with Gasteiger partial charge in [0.1, 0.15) is 15.5 Å². The molecule has 0 aliphatic rings. The Kier molecular flexibility index (Phi) is 6.69. The van der Waals surface area contributed by atoms with Crippen LogP contribution in [0.1, 0.15) is 0 Å². The van der Waals surface area contributed by atoms with E-state index in [0.29, 0.717) is 11.8 Å². The number of nitrogens with two attached hydrogens (primary N) is 1. The molecule has 0 saturated heterocycles. The van der Waals surface area contributed by atoms with Crippen LogP contribution in [0.3, 0.4) is 0 Å². The van der Waals surface area contributed by atoms with Crippen LogP contribution in [0.5, 0.6) is 5.75 Å². The second-order valence-corrected chi connectivity index (χ2v) is 8.41. The predicted molar refractivity (Wildman–Crippen MR) is 100 cm³/mol. The second kappa shape index (κ2) is 8.36. The minimum atomic E-state index is -4.96. The zero-order chi connectivity index (χ0) is 20.7. The third-order valence-corrected chi connectivity index (χ3v) is 5.59. The van der Waals surface area contributed by atoms with Gasteiger partial charge in [0.05, 0.1) is 16.8 Å². The van der Waals surface area contributed by atoms with Gasteiger partial charge in [-0.15, -0.1) is 5.11 Å². The molecule has 0 amide bonds. The number of phenols is 1. The summed E-state index contributed by atoms with van der Waals surface area (Å²) in [7, 11) is -9.87. The first-order chi connectivity index (χ1) is 13.0. The van der Waals surface area contributed by atoms with Gasteiger partial charge >= 0.3 is 29.6 Å². The van der Waals surface area contributed by atoms with Crippen LogP contribution in [0.4, 0.5) is 17.1 Å². The van der Waals surface area contributed by atoms with E-state index in [1.165, 1.54) is 12.1 Å². The number of nitrogens with zero attached hydrogens (tertiary/aromatic N) is 2. The SMILES string of the molecule is Nc1c(S(=O)(=O)O)cc(S(=O)(=O)O)c2ccc(N=Nc3ccccc3)c(O)c12.[Na+]. The largest absolute Gasteiger partial charge is 1.00 e. The molecule has 5 N–H and O–H groups in total. The summed E-state index contributed by atoms with van der Waals surface area (Å²) >= 11 is 0. The average molecular weight is 446 g/mol. The van der Waals surface area contributed by atoms with Crippen molar-refractivity contribution in [3.63, 3.8) is 0 Å². The Morgan fingerprint density at radius 2 is 1.41 bits per heavy atom. The molecule has 29 heavy (non-hydrogen) atoms. The maximum absolute atomic E-state index is 11.7. The van der Waals surface area contributed by atoms with Crippen LogP contribution in [-0.4, -0.2) is 31.0 Å². The van der Waals surface area contributed by atoms with Gasteiger partial charge in [-0.3, -0.25) is 9.11 Å². The molecule has 0 fully saturated rings. The number of anilines is 1. The van der Waals surface area contributed by atoms with Crippen molar-refractivity contribution in [2.24, 2.45) is 10.2 Å². The maximum Gasteiger partial charge on any atom is 1.00 e. The summed E-state index contributed by atoms with van der Waals surface area (Å²) in [4.78, 5) is -1.84. The van der Waals surface area contributed by atoms with Gasteiger partial charge in [0.15, 0.2) is 5.75 Å². The second-order valence-electron chi connectivity index (χ2n) is 5.63. The van der Waals surface area contributed by atoms with Crippen LogP contribution in [0.25, 0.3) is 10.8 Å². The molecule has 0 aliphatic carbocycles. The fourth-order valence-electron chi connectivity index (χ4n) is 2.57. The molecule has 0 spiro atoms. The van der Waals surface area contributed by atoms with Crippen molar-refractivity contribution < 1.29 is 60.6 Å². The summed E-state index contributed by atoms with van der Waals surface area (Å²) in [5, 5.41) is 17.6. The molecule has 13 heteroatoms. The Morgan fingerprint density at radius 3 is 1.97 bits per heavy atom. The summed E-state index contributed by atoms with van der Waals surface area (Å²) in [5.41, 5.74) is 5.45. The zero-order valence-electron chi connectivity index (χ0n) is 14.9. The smallest absolute Gasteiger partial charge is 0.505 e. The van der Waals surface area contributed by atoms with Crippen LogP contribution in [0.2, 0.25) is 0 Å². The predicted octanol–water partition coefficient (Wildman–Crippen LogP) is 0.0404. The van der Waals surface area contributed by atoms with Gasteiger partial charge in [-0.25, -0.2) is 0 Å². The molecular formula is C16H13N3NaO7S2+. The van der Waals surface area contributed by atoms with E-state index in [0.717, 1.165) is 0 Å². The Balaban J connectivity index is 0.00000300.